The van der Waals surface area contributed by atoms with Gasteiger partial charge in [0.1, 0.15) is 6.04 Å². The van der Waals surface area contributed by atoms with Crippen molar-refractivity contribution in [3.05, 3.63) is 0 Å². The Bertz CT molecular complexity index is 169. The van der Waals surface area contributed by atoms with Crippen LogP contribution in [0.25, 0.3) is 0 Å². The zero-order valence-electron chi connectivity index (χ0n) is 8.29. The Balaban J connectivity index is 4.45. The van der Waals surface area contributed by atoms with E-state index in [4.69, 9.17) is 15.0 Å². The lowest BCUT2D eigenvalue weighted by molar-refractivity contribution is -0.139. The standard InChI is InChI=1S/C6H13NO2/c1-3-4(2)5(7)6(8)9/h4-5H,3,7H2,1-2H3,(H,8,9)/t4-,5+/m1/s1/i2D3,7+1. The molecule has 0 aromatic heterocycles. The monoisotopic (exact) mass is 135 g/mol. The highest BCUT2D eigenvalue weighted by Crippen LogP contribution is 2.04. The molecule has 0 spiro atoms. The van der Waals surface area contributed by atoms with Crippen LogP contribution >= 0.6 is 0 Å². The molecule has 9 heavy (non-hydrogen) atoms. The van der Waals surface area contributed by atoms with Crippen LogP contribution in [-0.4, -0.2) is 17.1 Å². The molecular weight excluding hydrogens is 119 g/mol. The number of nitrogens with two attached hydrogens (primary N) is 1. The van der Waals surface area contributed by atoms with Gasteiger partial charge < -0.3 is 10.8 Å². The number of hydrogen-bond donors (Lipinski definition) is 2. The molecule has 0 aromatic carbocycles. The molecule has 0 fully saturated rings. The average molecular weight is 135 g/mol. The van der Waals surface area contributed by atoms with Gasteiger partial charge in [-0.1, -0.05) is 20.2 Å². The maximum Gasteiger partial charge on any atom is 0.320 e. The summed E-state index contributed by atoms with van der Waals surface area (Å²) in [5.41, 5.74) is 5.20. The summed E-state index contributed by atoms with van der Waals surface area (Å²) in [7, 11) is 0. The maximum atomic E-state index is 10.4. The summed E-state index contributed by atoms with van der Waals surface area (Å²) in [5, 5.41) is 8.47. The first-order chi connectivity index (χ1) is 5.30. The number of carboxylic acids is 1. The van der Waals surface area contributed by atoms with Crippen LogP contribution in [0.3, 0.4) is 0 Å². The van der Waals surface area contributed by atoms with E-state index in [1.165, 1.54) is 0 Å². The third-order valence-corrected chi connectivity index (χ3v) is 1.16. The van der Waals surface area contributed by atoms with Crippen LogP contribution < -0.4 is 5.73 Å². The van der Waals surface area contributed by atoms with Crippen LogP contribution in [0.5, 0.6) is 0 Å². The second kappa shape index (κ2) is 3.45. The summed E-state index contributed by atoms with van der Waals surface area (Å²) < 4.78 is 21.0. The summed E-state index contributed by atoms with van der Waals surface area (Å²) in [6, 6.07) is -1.30. The van der Waals surface area contributed by atoms with Crippen LogP contribution in [0.4, 0.5) is 0 Å². The second-order valence-corrected chi connectivity index (χ2v) is 1.88. The van der Waals surface area contributed by atoms with Crippen LogP contribution in [0.15, 0.2) is 0 Å². The predicted octanol–water partition coefficient (Wildman–Crippen LogP) is 0.444. The lowest BCUT2D eigenvalue weighted by atomic mass is 10.0. The van der Waals surface area contributed by atoms with E-state index in [0.29, 0.717) is 0 Å². The Kier molecular flexibility index (Phi) is 1.64. The number of rotatable bonds is 3. The number of aliphatic carboxylic acids is 1. The van der Waals surface area contributed by atoms with Crippen LogP contribution in [0, 0.1) is 5.92 Å². The molecule has 0 rings (SSSR count). The van der Waals surface area contributed by atoms with E-state index in [1.54, 1.807) is 6.92 Å². The molecule has 0 unspecified atom stereocenters. The number of carbonyl (C=O) groups is 1. The smallest absolute Gasteiger partial charge is 0.320 e. The van der Waals surface area contributed by atoms with Gasteiger partial charge in [-0.05, 0) is 5.92 Å². The molecule has 0 bridgehead atoms. The molecule has 0 heterocycles. The second-order valence-electron chi connectivity index (χ2n) is 1.88. The fraction of sp³-hybridized carbons (Fsp3) is 0.833. The minimum atomic E-state index is -2.29. The predicted molar refractivity (Wildman–Crippen MR) is 35.1 cm³/mol. The van der Waals surface area contributed by atoms with Crippen LogP contribution in [0.2, 0.25) is 0 Å². The van der Waals surface area contributed by atoms with Gasteiger partial charge in [-0.3, -0.25) is 4.79 Å². The molecule has 0 amide bonds. The van der Waals surface area contributed by atoms with Gasteiger partial charge in [0.25, 0.3) is 0 Å². The van der Waals surface area contributed by atoms with Crippen molar-refractivity contribution in [3.63, 3.8) is 0 Å². The molecule has 0 saturated carbocycles. The van der Waals surface area contributed by atoms with Crippen molar-refractivity contribution in [2.75, 3.05) is 0 Å². The molecule has 0 aliphatic carbocycles. The maximum absolute atomic E-state index is 10.4. The highest BCUT2D eigenvalue weighted by atomic mass is 16.4. The first-order valence-corrected chi connectivity index (χ1v) is 2.79. The normalized spacial score (nSPS) is 23.1. The SMILES string of the molecule is [2H]C([2H])([2H])[C@H](CC)[C@H]([15NH2])C(=O)O. The van der Waals surface area contributed by atoms with Gasteiger partial charge in [-0.15, -0.1) is 0 Å². The topological polar surface area (TPSA) is 63.3 Å². The Morgan fingerprint density at radius 1 is 2.00 bits per heavy atom. The summed E-state index contributed by atoms with van der Waals surface area (Å²) >= 11 is 0. The molecule has 2 atom stereocenters. The molecular formula is C6H13NO2. The van der Waals surface area contributed by atoms with Gasteiger partial charge in [0.2, 0.25) is 0 Å². The zero-order chi connectivity index (χ0) is 9.94. The van der Waals surface area contributed by atoms with E-state index in [9.17, 15) is 4.79 Å². The fourth-order valence-electron chi connectivity index (χ4n) is 0.426. The quantitative estimate of drug-likeness (QED) is 0.552. The molecule has 0 aliphatic rings. The molecule has 54 valence electrons. The largest absolute Gasteiger partial charge is 0.480 e. The Morgan fingerprint density at radius 3 is 2.67 bits per heavy atom. The van der Waals surface area contributed by atoms with Gasteiger partial charge in [-0.2, -0.15) is 0 Å². The summed E-state index contributed by atoms with van der Waals surface area (Å²) in [4.78, 5) is 10.4. The number of hydrogen-bond acceptors (Lipinski definition) is 2. The van der Waals surface area contributed by atoms with Crippen molar-refractivity contribution in [3.8, 4) is 0 Å². The van der Waals surface area contributed by atoms with Gasteiger partial charge in [-0.25, -0.2) is 0 Å². The molecule has 3 nitrogen and oxygen atoms in total. The Hall–Kier alpha value is -0.570. The molecule has 3 N–H and O–H groups in total. The van der Waals surface area contributed by atoms with Gasteiger partial charge >= 0.3 is 5.97 Å². The zero-order valence-corrected chi connectivity index (χ0v) is 5.29. The van der Waals surface area contributed by atoms with Crippen molar-refractivity contribution in [1.29, 1.82) is 0 Å². The van der Waals surface area contributed by atoms with Gasteiger partial charge in [0.05, 0.1) is 0 Å². The van der Waals surface area contributed by atoms with Gasteiger partial charge in [0, 0.05) is 4.11 Å². The van der Waals surface area contributed by atoms with E-state index in [0.717, 1.165) is 0 Å². The minimum absolute atomic E-state index is 0.240. The Morgan fingerprint density at radius 2 is 2.56 bits per heavy atom. The van der Waals surface area contributed by atoms with Gasteiger partial charge in [0.15, 0.2) is 0 Å². The summed E-state index contributed by atoms with van der Waals surface area (Å²) in [6.07, 6.45) is 0.240. The van der Waals surface area contributed by atoms with Crippen molar-refractivity contribution < 1.29 is 14.0 Å². The average Bonchev–Trinajstić information content (AvgIpc) is 1.85. The molecule has 3 heteroatoms. The lowest BCUT2D eigenvalue weighted by Gasteiger charge is -2.11. The van der Waals surface area contributed by atoms with Crippen LogP contribution in [-0.2, 0) is 4.79 Å². The molecule has 0 saturated heterocycles. The van der Waals surface area contributed by atoms with E-state index < -0.39 is 24.8 Å². The Labute approximate surface area is 59.1 Å². The summed E-state index contributed by atoms with van der Waals surface area (Å²) in [6.45, 7) is -0.674. The van der Waals surface area contributed by atoms with Crippen molar-refractivity contribution >= 4 is 5.97 Å². The third-order valence-electron chi connectivity index (χ3n) is 1.16. The lowest BCUT2D eigenvalue weighted by Crippen LogP contribution is -2.36. The molecule has 0 aromatic rings. The third kappa shape index (κ3) is 2.46. The van der Waals surface area contributed by atoms with E-state index >= 15 is 0 Å². The number of carboxylic acid groups (broad SMARTS) is 1. The highest BCUT2D eigenvalue weighted by Gasteiger charge is 2.17. The van der Waals surface area contributed by atoms with E-state index in [2.05, 4.69) is 0 Å². The van der Waals surface area contributed by atoms with Crippen molar-refractivity contribution in [1.82, 2.24) is 0 Å². The van der Waals surface area contributed by atoms with E-state index in [-0.39, 0.29) is 6.42 Å². The van der Waals surface area contributed by atoms with E-state index in [1.807, 2.05) is 0 Å². The molecule has 0 radical (unpaired) electrons. The van der Waals surface area contributed by atoms with Crippen LogP contribution in [0.1, 0.15) is 24.3 Å². The summed E-state index contributed by atoms with van der Waals surface area (Å²) in [5.74, 6) is -2.23. The van der Waals surface area contributed by atoms with Crippen molar-refractivity contribution in [2.24, 2.45) is 11.7 Å². The molecule has 0 aliphatic heterocycles. The fourth-order valence-corrected chi connectivity index (χ4v) is 0.426. The highest BCUT2D eigenvalue weighted by molar-refractivity contribution is 5.73. The van der Waals surface area contributed by atoms with Crippen molar-refractivity contribution in [2.45, 2.75) is 26.2 Å². The first kappa shape index (κ1) is 4.28. The first-order valence-electron chi connectivity index (χ1n) is 4.29. The minimum Gasteiger partial charge on any atom is -0.480 e.